The summed E-state index contributed by atoms with van der Waals surface area (Å²) in [5.41, 5.74) is 2.45. The largest absolute Gasteiger partial charge is 0.504 e. The number of methoxy groups -OCH3 is 4. The first-order chi connectivity index (χ1) is 20.3. The second-order valence-electron chi connectivity index (χ2n) is 9.37. The molecular formula is C30H34BrN3O6S2. The minimum absolute atomic E-state index is 0.00915. The summed E-state index contributed by atoms with van der Waals surface area (Å²) in [6.07, 6.45) is 0. The van der Waals surface area contributed by atoms with Gasteiger partial charge < -0.3 is 38.8 Å². The Labute approximate surface area is 264 Å². The van der Waals surface area contributed by atoms with E-state index < -0.39 is 0 Å². The molecular weight excluding hydrogens is 642 g/mol. The van der Waals surface area contributed by atoms with Crippen molar-refractivity contribution < 1.29 is 28.8 Å². The zero-order valence-electron chi connectivity index (χ0n) is 24.0. The number of nitrogens with zero attached hydrogens (tertiary/aromatic N) is 3. The number of hydrogen-bond acceptors (Lipinski definition) is 9. The van der Waals surface area contributed by atoms with Gasteiger partial charge in [0, 0.05) is 48.5 Å². The third-order valence-corrected chi connectivity index (χ3v) is 8.93. The molecule has 0 spiro atoms. The summed E-state index contributed by atoms with van der Waals surface area (Å²) in [5.74, 6) is 1.58. The maximum absolute atomic E-state index is 13.8. The Kier molecular flexibility index (Phi) is 11.1. The quantitative estimate of drug-likeness (QED) is 0.276. The second kappa shape index (κ2) is 14.7. The molecule has 1 heterocycles. The van der Waals surface area contributed by atoms with E-state index in [1.807, 2.05) is 12.1 Å². The van der Waals surface area contributed by atoms with Crippen LogP contribution in [0.4, 0.5) is 11.4 Å². The van der Waals surface area contributed by atoms with E-state index in [-0.39, 0.29) is 24.0 Å². The summed E-state index contributed by atoms with van der Waals surface area (Å²) < 4.78 is 23.5. The van der Waals surface area contributed by atoms with Gasteiger partial charge in [0.2, 0.25) is 11.7 Å². The highest BCUT2D eigenvalue weighted by molar-refractivity contribution is 9.10. The molecule has 1 fully saturated rings. The van der Waals surface area contributed by atoms with Gasteiger partial charge in [-0.3, -0.25) is 4.79 Å². The van der Waals surface area contributed by atoms with Crippen molar-refractivity contribution in [3.63, 3.8) is 0 Å². The van der Waals surface area contributed by atoms with Gasteiger partial charge in [-0.2, -0.15) is 0 Å². The Morgan fingerprint density at radius 3 is 2.07 bits per heavy atom. The van der Waals surface area contributed by atoms with Gasteiger partial charge in [-0.15, -0.1) is 0 Å². The molecule has 0 bridgehead atoms. The van der Waals surface area contributed by atoms with Crippen LogP contribution in [0.15, 0.2) is 59.1 Å². The highest BCUT2D eigenvalue weighted by Gasteiger charge is 2.24. The first kappa shape index (κ1) is 31.6. The number of thioether (sulfide) groups is 1. The van der Waals surface area contributed by atoms with E-state index in [1.165, 1.54) is 45.9 Å². The average molecular weight is 677 g/mol. The predicted octanol–water partition coefficient (Wildman–Crippen LogP) is 5.56. The molecule has 1 aliphatic rings. The van der Waals surface area contributed by atoms with Crippen molar-refractivity contribution in [1.29, 1.82) is 0 Å². The molecule has 0 aromatic heterocycles. The molecule has 3 aromatic rings. The molecule has 1 amide bonds. The van der Waals surface area contributed by atoms with E-state index in [2.05, 4.69) is 37.9 Å². The highest BCUT2D eigenvalue weighted by Crippen LogP contribution is 2.41. The third kappa shape index (κ3) is 7.53. The second-order valence-corrected chi connectivity index (χ2v) is 11.9. The molecule has 0 aliphatic carbocycles. The van der Waals surface area contributed by atoms with Crippen LogP contribution in [-0.2, 0) is 11.3 Å². The summed E-state index contributed by atoms with van der Waals surface area (Å²) >= 11 is 10.6. The van der Waals surface area contributed by atoms with Gasteiger partial charge in [-0.25, -0.2) is 0 Å². The van der Waals surface area contributed by atoms with Crippen molar-refractivity contribution in [1.82, 2.24) is 4.90 Å². The fourth-order valence-electron chi connectivity index (χ4n) is 4.65. The molecule has 0 saturated carbocycles. The minimum Gasteiger partial charge on any atom is -0.504 e. The van der Waals surface area contributed by atoms with Crippen LogP contribution in [0.1, 0.15) is 5.56 Å². The molecule has 224 valence electrons. The van der Waals surface area contributed by atoms with Crippen molar-refractivity contribution in [2.75, 3.05) is 70.2 Å². The summed E-state index contributed by atoms with van der Waals surface area (Å²) in [6, 6.07) is 16.8. The van der Waals surface area contributed by atoms with Crippen molar-refractivity contribution in [2.45, 2.75) is 6.54 Å². The van der Waals surface area contributed by atoms with Crippen LogP contribution in [0.5, 0.6) is 28.7 Å². The number of aromatic hydroxyl groups is 1. The number of ether oxygens (including phenoxy) is 4. The van der Waals surface area contributed by atoms with E-state index in [1.54, 1.807) is 35.2 Å². The number of hydrogen-bond donors (Lipinski definition) is 1. The number of benzene rings is 3. The monoisotopic (exact) mass is 675 g/mol. The highest BCUT2D eigenvalue weighted by atomic mass is 79.9. The fraction of sp³-hybridized carbons (Fsp3) is 0.333. The lowest BCUT2D eigenvalue weighted by Gasteiger charge is -2.37. The number of carbonyl (C=O) groups is 1. The minimum atomic E-state index is -0.166. The number of piperazine rings is 1. The molecule has 12 heteroatoms. The van der Waals surface area contributed by atoms with E-state index in [9.17, 15) is 9.90 Å². The number of thiocarbonyl (C=S) groups is 1. The van der Waals surface area contributed by atoms with Crippen molar-refractivity contribution in [2.24, 2.45) is 0 Å². The van der Waals surface area contributed by atoms with Crippen LogP contribution >= 0.6 is 39.9 Å². The predicted molar refractivity (Wildman–Crippen MR) is 175 cm³/mol. The van der Waals surface area contributed by atoms with E-state index in [4.69, 9.17) is 31.2 Å². The van der Waals surface area contributed by atoms with Crippen molar-refractivity contribution in [3.8, 4) is 28.7 Å². The van der Waals surface area contributed by atoms with Crippen molar-refractivity contribution in [3.05, 3.63) is 64.6 Å². The Bertz CT molecular complexity index is 1380. The maximum Gasteiger partial charge on any atom is 0.237 e. The number of halogens is 1. The van der Waals surface area contributed by atoms with Gasteiger partial charge in [0.1, 0.15) is 4.32 Å². The van der Waals surface area contributed by atoms with Gasteiger partial charge in [0.25, 0.3) is 0 Å². The van der Waals surface area contributed by atoms with Gasteiger partial charge >= 0.3 is 0 Å². The normalized spacial score (nSPS) is 13.0. The Morgan fingerprint density at radius 1 is 0.905 bits per heavy atom. The molecule has 4 rings (SSSR count). The number of carbonyl (C=O) groups excluding carboxylic acids is 1. The Balaban J connectivity index is 1.49. The van der Waals surface area contributed by atoms with E-state index >= 15 is 0 Å². The molecule has 0 radical (unpaired) electrons. The molecule has 42 heavy (non-hydrogen) atoms. The van der Waals surface area contributed by atoms with Crippen LogP contribution in [0.3, 0.4) is 0 Å². The van der Waals surface area contributed by atoms with Gasteiger partial charge in [-0.1, -0.05) is 46.0 Å². The van der Waals surface area contributed by atoms with Gasteiger partial charge in [0.15, 0.2) is 23.0 Å². The topological polar surface area (TPSA) is 83.9 Å². The first-order valence-corrected chi connectivity index (χ1v) is 15.3. The molecule has 9 nitrogen and oxygen atoms in total. The standard InChI is InChI=1S/C30H34BrN3O6S2/c1-37-25-10-5-20(15-24(25)35)18-34(23-16-26(38-2)29(40-4)27(17-23)39-3)28(36)19-42-30(41)33-13-11-32(12-14-33)22-8-6-21(31)7-9-22/h5-10,15-17,35H,11-14,18-19H2,1-4H3. The van der Waals surface area contributed by atoms with E-state index in [0.29, 0.717) is 38.6 Å². The number of rotatable bonds is 10. The summed E-state index contributed by atoms with van der Waals surface area (Å²) in [7, 11) is 6.07. The zero-order valence-corrected chi connectivity index (χ0v) is 27.2. The molecule has 1 aliphatic heterocycles. The lowest BCUT2D eigenvalue weighted by molar-refractivity contribution is -0.116. The fourth-order valence-corrected chi connectivity index (χ4v) is 6.05. The van der Waals surface area contributed by atoms with Crippen molar-refractivity contribution >= 4 is 61.5 Å². The lowest BCUT2D eigenvalue weighted by Crippen LogP contribution is -2.47. The third-order valence-electron chi connectivity index (χ3n) is 6.89. The maximum atomic E-state index is 13.8. The lowest BCUT2D eigenvalue weighted by atomic mass is 10.1. The Hall–Kier alpha value is -3.35. The van der Waals surface area contributed by atoms with Gasteiger partial charge in [0.05, 0.1) is 46.4 Å². The summed E-state index contributed by atoms with van der Waals surface area (Å²) in [5, 5.41) is 10.4. The molecule has 0 unspecified atom stereocenters. The number of phenols is 1. The molecule has 0 atom stereocenters. The van der Waals surface area contributed by atoms with Crippen LogP contribution in [0.2, 0.25) is 0 Å². The smallest absolute Gasteiger partial charge is 0.237 e. The molecule has 1 saturated heterocycles. The molecule has 3 aromatic carbocycles. The number of amides is 1. The van der Waals surface area contributed by atoms with Crippen LogP contribution < -0.4 is 28.7 Å². The van der Waals surface area contributed by atoms with Crippen LogP contribution in [0.25, 0.3) is 0 Å². The average Bonchev–Trinajstić information content (AvgIpc) is 3.02. The number of anilines is 2. The molecule has 1 N–H and O–H groups in total. The summed E-state index contributed by atoms with van der Waals surface area (Å²) in [4.78, 5) is 19.9. The Morgan fingerprint density at radius 2 is 1.52 bits per heavy atom. The van der Waals surface area contributed by atoms with Gasteiger partial charge in [-0.05, 0) is 42.0 Å². The zero-order chi connectivity index (χ0) is 30.2. The number of phenolic OH excluding ortho intramolecular Hbond substituents is 1. The summed E-state index contributed by atoms with van der Waals surface area (Å²) in [6.45, 7) is 3.42. The first-order valence-electron chi connectivity index (χ1n) is 13.2. The van der Waals surface area contributed by atoms with Crippen LogP contribution in [-0.4, -0.2) is 80.6 Å². The SMILES string of the molecule is COc1ccc(CN(C(=O)CSC(=S)N2CCN(c3ccc(Br)cc3)CC2)c2cc(OC)c(OC)c(OC)c2)cc1O. The van der Waals surface area contributed by atoms with Crippen LogP contribution in [0, 0.1) is 0 Å². The van der Waals surface area contributed by atoms with E-state index in [0.717, 1.165) is 30.7 Å².